The summed E-state index contributed by atoms with van der Waals surface area (Å²) in [5, 5.41) is 0.952. The Hall–Kier alpha value is -2.14. The van der Waals surface area contributed by atoms with E-state index < -0.39 is 0 Å². The van der Waals surface area contributed by atoms with E-state index >= 15 is 0 Å². The third kappa shape index (κ3) is 2.31. The monoisotopic (exact) mass is 297 g/mol. The standard InChI is InChI=1S/C17H19N3O2/c21-17-15-16(13-6-2-3-7-14(13)22-17)20(12-18-15)11-10-19-8-4-1-5-9-19/h2-3,6-7,12H,1,4-5,8-11H2. The second kappa shape index (κ2) is 5.57. The van der Waals surface area contributed by atoms with Crippen LogP contribution in [0.25, 0.3) is 22.0 Å². The summed E-state index contributed by atoms with van der Waals surface area (Å²) in [4.78, 5) is 18.8. The van der Waals surface area contributed by atoms with Crippen molar-refractivity contribution in [2.24, 2.45) is 0 Å². The van der Waals surface area contributed by atoms with E-state index in [1.54, 1.807) is 6.33 Å². The van der Waals surface area contributed by atoms with Gasteiger partial charge in [-0.1, -0.05) is 18.6 Å². The number of para-hydroxylation sites is 1. The quantitative estimate of drug-likeness (QED) is 0.697. The Morgan fingerprint density at radius 1 is 1.09 bits per heavy atom. The first-order valence-electron chi connectivity index (χ1n) is 7.92. The zero-order valence-corrected chi connectivity index (χ0v) is 12.5. The van der Waals surface area contributed by atoms with Crippen LogP contribution in [-0.4, -0.2) is 34.1 Å². The Morgan fingerprint density at radius 3 is 2.77 bits per heavy atom. The van der Waals surface area contributed by atoms with Crippen molar-refractivity contribution in [2.45, 2.75) is 25.8 Å². The molecule has 0 atom stereocenters. The summed E-state index contributed by atoms with van der Waals surface area (Å²) in [6.45, 7) is 4.20. The Labute approximate surface area is 128 Å². The predicted octanol–water partition coefficient (Wildman–Crippen LogP) is 2.63. The Morgan fingerprint density at radius 2 is 1.91 bits per heavy atom. The van der Waals surface area contributed by atoms with Crippen LogP contribution >= 0.6 is 0 Å². The normalized spacial score (nSPS) is 16.5. The molecule has 1 aliphatic heterocycles. The molecule has 0 unspecified atom stereocenters. The summed E-state index contributed by atoms with van der Waals surface area (Å²) in [7, 11) is 0. The lowest BCUT2D eigenvalue weighted by Crippen LogP contribution is -2.32. The van der Waals surface area contributed by atoms with Crippen molar-refractivity contribution >= 4 is 22.0 Å². The van der Waals surface area contributed by atoms with Crippen molar-refractivity contribution in [1.82, 2.24) is 14.5 Å². The van der Waals surface area contributed by atoms with Crippen molar-refractivity contribution in [3.63, 3.8) is 0 Å². The molecule has 3 aromatic rings. The molecular formula is C17H19N3O2. The minimum absolute atomic E-state index is 0.356. The molecule has 1 fully saturated rings. The van der Waals surface area contributed by atoms with E-state index in [2.05, 4.69) is 14.5 Å². The Bertz CT molecular complexity index is 859. The lowest BCUT2D eigenvalue weighted by molar-refractivity contribution is 0.221. The van der Waals surface area contributed by atoms with Gasteiger partial charge in [0.2, 0.25) is 0 Å². The number of hydrogen-bond acceptors (Lipinski definition) is 4. The van der Waals surface area contributed by atoms with Gasteiger partial charge in [-0.2, -0.15) is 0 Å². The predicted molar refractivity (Wildman–Crippen MR) is 86.1 cm³/mol. The molecule has 4 rings (SSSR count). The molecule has 0 saturated carbocycles. The first-order chi connectivity index (χ1) is 10.8. The average Bonchev–Trinajstić information content (AvgIpc) is 2.99. The van der Waals surface area contributed by atoms with Crippen LogP contribution < -0.4 is 5.63 Å². The van der Waals surface area contributed by atoms with Crippen LogP contribution in [0.4, 0.5) is 0 Å². The highest BCUT2D eigenvalue weighted by Crippen LogP contribution is 2.22. The maximum Gasteiger partial charge on any atom is 0.364 e. The molecule has 5 nitrogen and oxygen atoms in total. The van der Waals surface area contributed by atoms with Gasteiger partial charge in [-0.3, -0.25) is 0 Å². The smallest absolute Gasteiger partial charge is 0.364 e. The average molecular weight is 297 g/mol. The number of rotatable bonds is 3. The molecule has 2 aromatic heterocycles. The topological polar surface area (TPSA) is 51.3 Å². The van der Waals surface area contributed by atoms with Gasteiger partial charge in [0.05, 0.1) is 11.8 Å². The fraction of sp³-hybridized carbons (Fsp3) is 0.412. The summed E-state index contributed by atoms with van der Waals surface area (Å²) in [6, 6.07) is 7.66. The van der Waals surface area contributed by atoms with E-state index in [0.717, 1.165) is 24.0 Å². The highest BCUT2D eigenvalue weighted by Gasteiger charge is 2.14. The zero-order valence-electron chi connectivity index (χ0n) is 12.5. The summed E-state index contributed by atoms with van der Waals surface area (Å²) in [5.41, 5.74) is 1.59. The number of imidazole rings is 1. The maximum atomic E-state index is 12.1. The molecule has 0 amide bonds. The first kappa shape index (κ1) is 13.5. The van der Waals surface area contributed by atoms with E-state index in [0.29, 0.717) is 11.1 Å². The lowest BCUT2D eigenvalue weighted by Gasteiger charge is -2.26. The number of likely N-dealkylation sites (tertiary alicyclic amines) is 1. The van der Waals surface area contributed by atoms with Gasteiger partial charge < -0.3 is 13.9 Å². The minimum Gasteiger partial charge on any atom is -0.421 e. The summed E-state index contributed by atoms with van der Waals surface area (Å²) < 4.78 is 7.43. The zero-order chi connectivity index (χ0) is 14.9. The van der Waals surface area contributed by atoms with Gasteiger partial charge in [-0.15, -0.1) is 0 Å². The highest BCUT2D eigenvalue weighted by atomic mass is 16.4. The van der Waals surface area contributed by atoms with Crippen molar-refractivity contribution in [3.05, 3.63) is 41.0 Å². The maximum absolute atomic E-state index is 12.1. The van der Waals surface area contributed by atoms with Crippen LogP contribution in [0.5, 0.6) is 0 Å². The molecule has 1 aliphatic rings. The number of piperidine rings is 1. The van der Waals surface area contributed by atoms with Gasteiger partial charge in [0.15, 0.2) is 5.52 Å². The molecule has 0 N–H and O–H groups in total. The number of fused-ring (bicyclic) bond motifs is 3. The molecule has 3 heterocycles. The molecule has 1 saturated heterocycles. The van der Waals surface area contributed by atoms with Gasteiger partial charge >= 0.3 is 5.63 Å². The van der Waals surface area contributed by atoms with E-state index in [4.69, 9.17) is 4.42 Å². The fourth-order valence-electron chi connectivity index (χ4n) is 3.32. The van der Waals surface area contributed by atoms with Crippen molar-refractivity contribution in [1.29, 1.82) is 0 Å². The SMILES string of the molecule is O=c1oc2ccccc2c2c1ncn2CCN1CCCCC1. The van der Waals surface area contributed by atoms with Gasteiger partial charge in [0.25, 0.3) is 0 Å². The van der Waals surface area contributed by atoms with E-state index in [1.165, 1.54) is 32.4 Å². The van der Waals surface area contributed by atoms with E-state index in [-0.39, 0.29) is 5.63 Å². The van der Waals surface area contributed by atoms with Gasteiger partial charge in [-0.25, -0.2) is 9.78 Å². The molecule has 5 heteroatoms. The second-order valence-corrected chi connectivity index (χ2v) is 5.92. The van der Waals surface area contributed by atoms with Crippen molar-refractivity contribution in [3.8, 4) is 0 Å². The Balaban J connectivity index is 1.73. The van der Waals surface area contributed by atoms with Gasteiger partial charge in [-0.05, 0) is 38.1 Å². The van der Waals surface area contributed by atoms with Crippen molar-refractivity contribution < 1.29 is 4.42 Å². The number of aromatic nitrogens is 2. The van der Waals surface area contributed by atoms with Crippen LogP contribution in [0, 0.1) is 0 Å². The molecule has 22 heavy (non-hydrogen) atoms. The largest absolute Gasteiger partial charge is 0.421 e. The number of hydrogen-bond donors (Lipinski definition) is 0. The Kier molecular flexibility index (Phi) is 3.42. The molecule has 0 aliphatic carbocycles. The first-order valence-corrected chi connectivity index (χ1v) is 7.92. The third-order valence-electron chi connectivity index (χ3n) is 4.48. The van der Waals surface area contributed by atoms with Crippen LogP contribution in [0.1, 0.15) is 19.3 Å². The third-order valence-corrected chi connectivity index (χ3v) is 4.48. The van der Waals surface area contributed by atoms with Gasteiger partial charge in [0, 0.05) is 18.5 Å². The summed E-state index contributed by atoms with van der Waals surface area (Å²) >= 11 is 0. The molecule has 114 valence electrons. The molecule has 1 aromatic carbocycles. The number of nitrogens with zero attached hydrogens (tertiary/aromatic N) is 3. The van der Waals surface area contributed by atoms with Crippen LogP contribution in [-0.2, 0) is 6.54 Å². The van der Waals surface area contributed by atoms with E-state index in [1.807, 2.05) is 24.3 Å². The minimum atomic E-state index is -0.356. The highest BCUT2D eigenvalue weighted by molar-refractivity contribution is 6.00. The van der Waals surface area contributed by atoms with Gasteiger partial charge in [0.1, 0.15) is 5.58 Å². The molecular weight excluding hydrogens is 278 g/mol. The fourth-order valence-corrected chi connectivity index (χ4v) is 3.32. The molecule has 0 radical (unpaired) electrons. The van der Waals surface area contributed by atoms with Crippen LogP contribution in [0.3, 0.4) is 0 Å². The second-order valence-electron chi connectivity index (χ2n) is 5.92. The summed E-state index contributed by atoms with van der Waals surface area (Å²) in [6.07, 6.45) is 5.68. The summed E-state index contributed by atoms with van der Waals surface area (Å²) in [5.74, 6) is 0. The number of benzene rings is 1. The van der Waals surface area contributed by atoms with Crippen LogP contribution in [0.2, 0.25) is 0 Å². The van der Waals surface area contributed by atoms with Crippen molar-refractivity contribution in [2.75, 3.05) is 19.6 Å². The van der Waals surface area contributed by atoms with Crippen LogP contribution in [0.15, 0.2) is 39.8 Å². The lowest BCUT2D eigenvalue weighted by atomic mass is 10.1. The molecule has 0 spiro atoms. The van der Waals surface area contributed by atoms with E-state index in [9.17, 15) is 4.79 Å². The molecule has 0 bridgehead atoms.